The van der Waals surface area contributed by atoms with Gasteiger partial charge in [-0.25, -0.2) is 4.68 Å². The number of aromatic amines is 1. The molecule has 4 heterocycles. The quantitative estimate of drug-likeness (QED) is 0.419. The molecule has 2 aliphatic rings. The maximum Gasteiger partial charge on any atom is 0.254 e. The van der Waals surface area contributed by atoms with Crippen molar-refractivity contribution in [1.29, 1.82) is 0 Å². The van der Waals surface area contributed by atoms with E-state index in [1.165, 1.54) is 6.08 Å². The summed E-state index contributed by atoms with van der Waals surface area (Å²) in [5.41, 5.74) is 8.81. The van der Waals surface area contributed by atoms with Crippen LogP contribution < -0.4 is 20.5 Å². The van der Waals surface area contributed by atoms with Crippen LogP contribution in [0.1, 0.15) is 35.7 Å². The van der Waals surface area contributed by atoms with Crippen molar-refractivity contribution in [3.05, 3.63) is 42.6 Å². The standard InChI is InChI=1S/C26H31N7O4/c1-4-21(34)32-11-7-15(8-12-32)18-6-9-28-26-23(25(27)35)24(31-33(18)26)16-13-19(36-2)22(20(14-16)37-3)17-5-10-29-30-17/h4-5,10,13-15,18,28H,1,6-9,11-12H2,2-3H3,(H2,27,35)(H,29,30). The lowest BCUT2D eigenvalue weighted by molar-refractivity contribution is -0.127. The van der Waals surface area contributed by atoms with Gasteiger partial charge in [0.1, 0.15) is 28.6 Å². The van der Waals surface area contributed by atoms with Crippen molar-refractivity contribution >= 4 is 17.6 Å². The highest BCUT2D eigenvalue weighted by Gasteiger charge is 2.36. The van der Waals surface area contributed by atoms with Gasteiger partial charge in [-0.15, -0.1) is 0 Å². The van der Waals surface area contributed by atoms with Gasteiger partial charge in [0.05, 0.1) is 31.5 Å². The van der Waals surface area contributed by atoms with Gasteiger partial charge in [-0.05, 0) is 49.5 Å². The molecule has 0 bridgehead atoms. The largest absolute Gasteiger partial charge is 0.496 e. The molecule has 1 aromatic carbocycles. The van der Waals surface area contributed by atoms with Crippen LogP contribution in [0, 0.1) is 5.92 Å². The Morgan fingerprint density at radius 3 is 2.43 bits per heavy atom. The maximum absolute atomic E-state index is 12.7. The van der Waals surface area contributed by atoms with E-state index in [9.17, 15) is 9.59 Å². The minimum atomic E-state index is -0.564. The molecule has 0 radical (unpaired) electrons. The average Bonchev–Trinajstić information content (AvgIpc) is 3.60. The third-order valence-corrected chi connectivity index (χ3v) is 7.32. The summed E-state index contributed by atoms with van der Waals surface area (Å²) in [6.45, 7) is 5.65. The normalized spacial score (nSPS) is 17.6. The number of ether oxygens (including phenoxy) is 2. The summed E-state index contributed by atoms with van der Waals surface area (Å²) in [5, 5.41) is 15.3. The number of benzene rings is 1. The summed E-state index contributed by atoms with van der Waals surface area (Å²) < 4.78 is 13.3. The van der Waals surface area contributed by atoms with Crippen molar-refractivity contribution < 1.29 is 19.1 Å². The molecule has 2 aromatic heterocycles. The molecule has 3 aromatic rings. The number of hydrogen-bond acceptors (Lipinski definition) is 7. The summed E-state index contributed by atoms with van der Waals surface area (Å²) in [6, 6.07) is 5.56. The van der Waals surface area contributed by atoms with E-state index in [4.69, 9.17) is 20.3 Å². The monoisotopic (exact) mass is 505 g/mol. The zero-order valence-electron chi connectivity index (χ0n) is 21.0. The Morgan fingerprint density at radius 1 is 1.16 bits per heavy atom. The lowest BCUT2D eigenvalue weighted by Gasteiger charge is -2.38. The number of nitrogens with one attached hydrogen (secondary N) is 2. The molecule has 2 amide bonds. The van der Waals surface area contributed by atoms with Gasteiger partial charge in [-0.2, -0.15) is 10.2 Å². The van der Waals surface area contributed by atoms with E-state index in [0.29, 0.717) is 65.3 Å². The molecule has 2 aliphatic heterocycles. The molecule has 1 unspecified atom stereocenters. The molecule has 4 N–H and O–H groups in total. The number of aromatic nitrogens is 4. The van der Waals surface area contributed by atoms with Crippen molar-refractivity contribution in [1.82, 2.24) is 24.9 Å². The van der Waals surface area contributed by atoms with Crippen molar-refractivity contribution in [3.63, 3.8) is 0 Å². The fourth-order valence-corrected chi connectivity index (χ4v) is 5.52. The van der Waals surface area contributed by atoms with Gasteiger partial charge in [-0.3, -0.25) is 14.7 Å². The first kappa shape index (κ1) is 24.4. The first-order chi connectivity index (χ1) is 18.0. The van der Waals surface area contributed by atoms with Gasteiger partial charge in [0.15, 0.2) is 0 Å². The molecular formula is C26H31N7O4. The Bertz CT molecular complexity index is 1300. The van der Waals surface area contributed by atoms with Crippen molar-refractivity contribution in [2.24, 2.45) is 11.7 Å². The van der Waals surface area contributed by atoms with Crippen LogP contribution in [0.25, 0.3) is 22.5 Å². The van der Waals surface area contributed by atoms with Crippen molar-refractivity contribution in [2.75, 3.05) is 39.2 Å². The smallest absolute Gasteiger partial charge is 0.254 e. The second-order valence-corrected chi connectivity index (χ2v) is 9.26. The predicted molar refractivity (Wildman–Crippen MR) is 139 cm³/mol. The number of carbonyl (C=O) groups excluding carboxylic acids is 2. The first-order valence-electron chi connectivity index (χ1n) is 12.3. The van der Waals surface area contributed by atoms with Gasteiger partial charge >= 0.3 is 0 Å². The van der Waals surface area contributed by atoms with Crippen LogP contribution in [0.3, 0.4) is 0 Å². The Hall–Kier alpha value is -4.28. The number of amides is 2. The van der Waals surface area contributed by atoms with Crippen LogP contribution >= 0.6 is 0 Å². The third-order valence-electron chi connectivity index (χ3n) is 7.32. The number of anilines is 1. The summed E-state index contributed by atoms with van der Waals surface area (Å²) >= 11 is 0. The minimum Gasteiger partial charge on any atom is -0.496 e. The number of fused-ring (bicyclic) bond motifs is 1. The van der Waals surface area contributed by atoms with Gasteiger partial charge in [-0.1, -0.05) is 6.58 Å². The van der Waals surface area contributed by atoms with Gasteiger partial charge in [0.25, 0.3) is 5.91 Å². The second kappa shape index (κ2) is 10.00. The fraction of sp³-hybridized carbons (Fsp3) is 0.385. The van der Waals surface area contributed by atoms with Crippen LogP contribution in [-0.4, -0.2) is 70.5 Å². The number of H-pyrrole nitrogens is 1. The molecule has 11 nitrogen and oxygen atoms in total. The molecule has 5 rings (SSSR count). The van der Waals surface area contributed by atoms with E-state index in [1.54, 1.807) is 20.4 Å². The number of primary amides is 1. The number of carbonyl (C=O) groups is 2. The maximum atomic E-state index is 12.7. The molecular weight excluding hydrogens is 474 g/mol. The molecule has 0 spiro atoms. The summed E-state index contributed by atoms with van der Waals surface area (Å²) in [7, 11) is 3.15. The van der Waals surface area contributed by atoms with Gasteiger partial charge in [0.2, 0.25) is 5.91 Å². The Balaban J connectivity index is 1.56. The Labute approximate surface area is 214 Å². The number of methoxy groups -OCH3 is 2. The molecule has 1 atom stereocenters. The van der Waals surface area contributed by atoms with E-state index < -0.39 is 5.91 Å². The number of likely N-dealkylation sites (tertiary alicyclic amines) is 1. The van der Waals surface area contributed by atoms with E-state index >= 15 is 0 Å². The predicted octanol–water partition coefficient (Wildman–Crippen LogP) is 2.84. The van der Waals surface area contributed by atoms with E-state index in [-0.39, 0.29) is 11.9 Å². The zero-order valence-corrected chi connectivity index (χ0v) is 21.0. The summed E-state index contributed by atoms with van der Waals surface area (Å²) in [6.07, 6.45) is 5.58. The number of nitrogens with two attached hydrogens (primary N) is 1. The molecule has 0 aliphatic carbocycles. The van der Waals surface area contributed by atoms with Gasteiger partial charge < -0.3 is 25.4 Å². The number of rotatable bonds is 7. The molecule has 1 fully saturated rings. The van der Waals surface area contributed by atoms with Crippen molar-refractivity contribution in [3.8, 4) is 34.0 Å². The second-order valence-electron chi connectivity index (χ2n) is 9.26. The third kappa shape index (κ3) is 4.30. The molecule has 194 valence electrons. The molecule has 0 saturated carbocycles. The molecule has 11 heteroatoms. The minimum absolute atomic E-state index is 0.0386. The number of nitrogens with zero attached hydrogens (tertiary/aromatic N) is 4. The van der Waals surface area contributed by atoms with E-state index in [1.807, 2.05) is 27.8 Å². The van der Waals surface area contributed by atoms with Crippen LogP contribution in [0.2, 0.25) is 0 Å². The highest BCUT2D eigenvalue weighted by molar-refractivity contribution is 6.04. The van der Waals surface area contributed by atoms with Crippen LogP contribution in [-0.2, 0) is 4.79 Å². The SMILES string of the molecule is C=CC(=O)N1CCC(C2CCNc3c(C(N)=O)c(-c4cc(OC)c(-c5ccn[nH]5)c(OC)c4)nn32)CC1. The average molecular weight is 506 g/mol. The first-order valence-corrected chi connectivity index (χ1v) is 12.3. The number of piperidine rings is 1. The highest BCUT2D eigenvalue weighted by Crippen LogP contribution is 2.44. The topological polar surface area (TPSA) is 140 Å². The van der Waals surface area contributed by atoms with Crippen LogP contribution in [0.4, 0.5) is 5.82 Å². The Morgan fingerprint density at radius 2 is 1.86 bits per heavy atom. The van der Waals surface area contributed by atoms with Crippen LogP contribution in [0.5, 0.6) is 11.5 Å². The highest BCUT2D eigenvalue weighted by atomic mass is 16.5. The van der Waals surface area contributed by atoms with Crippen molar-refractivity contribution in [2.45, 2.75) is 25.3 Å². The van der Waals surface area contributed by atoms with E-state index in [2.05, 4.69) is 22.1 Å². The lowest BCUT2D eigenvalue weighted by Crippen LogP contribution is -2.41. The summed E-state index contributed by atoms with van der Waals surface area (Å²) in [4.78, 5) is 26.6. The Kier molecular flexibility index (Phi) is 6.60. The van der Waals surface area contributed by atoms with Crippen LogP contribution in [0.15, 0.2) is 37.1 Å². The lowest BCUT2D eigenvalue weighted by atomic mass is 9.87. The van der Waals surface area contributed by atoms with E-state index in [0.717, 1.165) is 25.0 Å². The molecule has 1 saturated heterocycles. The number of hydrogen-bond donors (Lipinski definition) is 3. The summed E-state index contributed by atoms with van der Waals surface area (Å²) in [5.74, 6) is 1.43. The van der Waals surface area contributed by atoms with Gasteiger partial charge in [0, 0.05) is 31.4 Å². The zero-order chi connectivity index (χ0) is 26.1. The fourth-order valence-electron chi connectivity index (χ4n) is 5.52. The molecule has 37 heavy (non-hydrogen) atoms.